The molecule has 0 amide bonds. The van der Waals surface area contributed by atoms with Crippen molar-refractivity contribution in [2.45, 2.75) is 19.8 Å². The molecule has 1 aromatic carbocycles. The first-order valence-electron chi connectivity index (χ1n) is 8.59. The molecule has 0 unspecified atom stereocenters. The Morgan fingerprint density at radius 2 is 1.48 bits per heavy atom. The van der Waals surface area contributed by atoms with Gasteiger partial charge < -0.3 is 26.3 Å². The second-order valence-corrected chi connectivity index (χ2v) is 6.41. The van der Waals surface area contributed by atoms with Gasteiger partial charge in [-0.1, -0.05) is 29.8 Å². The fourth-order valence-electron chi connectivity index (χ4n) is 3.01. The van der Waals surface area contributed by atoms with E-state index in [0.717, 1.165) is 0 Å². The number of esters is 2. The summed E-state index contributed by atoms with van der Waals surface area (Å²) in [7, 11) is 0. The molecule has 0 aromatic heterocycles. The highest BCUT2D eigenvalue weighted by Gasteiger charge is 2.38. The second-order valence-electron chi connectivity index (χ2n) is 6.01. The number of rotatable bonds is 7. The summed E-state index contributed by atoms with van der Waals surface area (Å²) in [5.41, 5.74) is 13.2. The van der Waals surface area contributed by atoms with Gasteiger partial charge in [0, 0.05) is 29.5 Å². The molecule has 0 atom stereocenters. The first-order chi connectivity index (χ1) is 12.9. The van der Waals surface area contributed by atoms with Gasteiger partial charge in [-0.3, -0.25) is 0 Å². The summed E-state index contributed by atoms with van der Waals surface area (Å²) >= 11 is 6.39. The van der Waals surface area contributed by atoms with E-state index in [9.17, 15) is 9.59 Å². The third kappa shape index (κ3) is 4.68. The fraction of sp³-hybridized carbons (Fsp3) is 0.368. The number of carbonyl (C=O) groups excluding carboxylic acids is 2. The SMILES string of the molecule is CC1=C(C(=O)OCCN)C(c2ccccc2Cl)C(C(=O)OCCN)=C(C)N1. The maximum atomic E-state index is 12.7. The molecule has 0 spiro atoms. The first kappa shape index (κ1) is 21.0. The van der Waals surface area contributed by atoms with Crippen LogP contribution in [0.15, 0.2) is 46.8 Å². The quantitative estimate of drug-likeness (QED) is 0.602. The molecule has 1 aliphatic heterocycles. The van der Waals surface area contributed by atoms with Crippen LogP contribution in [0.1, 0.15) is 25.3 Å². The van der Waals surface area contributed by atoms with Crippen LogP contribution in [0.5, 0.6) is 0 Å². The van der Waals surface area contributed by atoms with E-state index in [-0.39, 0.29) is 26.3 Å². The van der Waals surface area contributed by atoms with Crippen LogP contribution >= 0.6 is 11.6 Å². The van der Waals surface area contributed by atoms with E-state index in [0.29, 0.717) is 33.1 Å². The molecule has 0 radical (unpaired) electrons. The maximum Gasteiger partial charge on any atom is 0.336 e. The van der Waals surface area contributed by atoms with Crippen LogP contribution in [-0.2, 0) is 19.1 Å². The van der Waals surface area contributed by atoms with Crippen molar-refractivity contribution in [3.05, 3.63) is 57.4 Å². The molecule has 146 valence electrons. The summed E-state index contributed by atoms with van der Waals surface area (Å²) < 4.78 is 10.5. The number of dihydropyridines is 1. The summed E-state index contributed by atoms with van der Waals surface area (Å²) in [5.74, 6) is -1.85. The number of hydrogen-bond donors (Lipinski definition) is 3. The van der Waals surface area contributed by atoms with Gasteiger partial charge in [-0.25, -0.2) is 9.59 Å². The number of nitrogens with two attached hydrogens (primary N) is 2. The first-order valence-corrected chi connectivity index (χ1v) is 8.97. The Kier molecular flexibility index (Phi) is 7.41. The smallest absolute Gasteiger partial charge is 0.336 e. The summed E-state index contributed by atoms with van der Waals surface area (Å²) in [6.45, 7) is 4.02. The fourth-order valence-corrected chi connectivity index (χ4v) is 3.26. The zero-order valence-electron chi connectivity index (χ0n) is 15.4. The highest BCUT2D eigenvalue weighted by molar-refractivity contribution is 6.31. The van der Waals surface area contributed by atoms with Gasteiger partial charge in [-0.2, -0.15) is 0 Å². The van der Waals surface area contributed by atoms with Crippen molar-refractivity contribution in [2.24, 2.45) is 11.5 Å². The summed E-state index contributed by atoms with van der Waals surface area (Å²) in [6, 6.07) is 7.04. The molecular weight excluding hydrogens is 370 g/mol. The van der Waals surface area contributed by atoms with Gasteiger partial charge in [0.25, 0.3) is 0 Å². The molecule has 5 N–H and O–H groups in total. The van der Waals surface area contributed by atoms with E-state index in [2.05, 4.69) is 5.32 Å². The topological polar surface area (TPSA) is 117 Å². The number of nitrogens with one attached hydrogen (secondary N) is 1. The molecule has 1 aliphatic rings. The van der Waals surface area contributed by atoms with E-state index in [1.54, 1.807) is 38.1 Å². The van der Waals surface area contributed by atoms with Crippen LogP contribution in [0.25, 0.3) is 0 Å². The van der Waals surface area contributed by atoms with Crippen molar-refractivity contribution in [1.29, 1.82) is 0 Å². The molecule has 0 fully saturated rings. The monoisotopic (exact) mass is 393 g/mol. The van der Waals surface area contributed by atoms with Crippen LogP contribution in [-0.4, -0.2) is 38.2 Å². The zero-order chi connectivity index (χ0) is 20.0. The van der Waals surface area contributed by atoms with Crippen LogP contribution < -0.4 is 16.8 Å². The molecule has 0 saturated heterocycles. The van der Waals surface area contributed by atoms with Gasteiger partial charge in [0.1, 0.15) is 13.2 Å². The minimum atomic E-state index is -0.726. The van der Waals surface area contributed by atoms with Crippen molar-refractivity contribution < 1.29 is 19.1 Å². The van der Waals surface area contributed by atoms with Crippen molar-refractivity contribution in [3.63, 3.8) is 0 Å². The van der Waals surface area contributed by atoms with Crippen LogP contribution in [0.2, 0.25) is 5.02 Å². The molecule has 0 saturated carbocycles. The molecular formula is C19H24ClN3O4. The average Bonchev–Trinajstić information content (AvgIpc) is 2.64. The third-order valence-electron chi connectivity index (χ3n) is 4.12. The summed E-state index contributed by atoms with van der Waals surface area (Å²) in [4.78, 5) is 25.5. The maximum absolute atomic E-state index is 12.7. The highest BCUT2D eigenvalue weighted by Crippen LogP contribution is 2.41. The third-order valence-corrected chi connectivity index (χ3v) is 4.46. The van der Waals surface area contributed by atoms with E-state index in [1.165, 1.54) is 0 Å². The predicted molar refractivity (Wildman–Crippen MR) is 103 cm³/mol. The zero-order valence-corrected chi connectivity index (χ0v) is 16.1. The molecule has 1 aromatic rings. The lowest BCUT2D eigenvalue weighted by Crippen LogP contribution is -2.33. The normalized spacial score (nSPS) is 14.9. The predicted octanol–water partition coefficient (Wildman–Crippen LogP) is 1.58. The number of hydrogen-bond acceptors (Lipinski definition) is 7. The Bertz CT molecular complexity index is 747. The van der Waals surface area contributed by atoms with Gasteiger partial charge in [0.15, 0.2) is 0 Å². The number of allylic oxidation sites excluding steroid dienone is 2. The molecule has 2 rings (SSSR count). The molecule has 8 heteroatoms. The van der Waals surface area contributed by atoms with E-state index < -0.39 is 17.9 Å². The summed E-state index contributed by atoms with van der Waals surface area (Å²) in [5, 5.41) is 3.49. The van der Waals surface area contributed by atoms with Crippen molar-refractivity contribution in [3.8, 4) is 0 Å². The Labute approximate surface area is 163 Å². The van der Waals surface area contributed by atoms with E-state index >= 15 is 0 Å². The van der Waals surface area contributed by atoms with Crippen molar-refractivity contribution in [1.82, 2.24) is 5.32 Å². The van der Waals surface area contributed by atoms with Gasteiger partial charge >= 0.3 is 11.9 Å². The van der Waals surface area contributed by atoms with Crippen molar-refractivity contribution in [2.75, 3.05) is 26.3 Å². The Balaban J connectivity index is 2.58. The van der Waals surface area contributed by atoms with Crippen LogP contribution in [0.3, 0.4) is 0 Å². The Morgan fingerprint density at radius 1 is 1.00 bits per heavy atom. The van der Waals surface area contributed by atoms with E-state index in [1.807, 2.05) is 0 Å². The second kappa shape index (κ2) is 9.55. The molecule has 1 heterocycles. The molecule has 0 aliphatic carbocycles. The Hall–Kier alpha value is -2.35. The van der Waals surface area contributed by atoms with Crippen LogP contribution in [0, 0.1) is 0 Å². The number of benzene rings is 1. The van der Waals surface area contributed by atoms with Gasteiger partial charge in [0.05, 0.1) is 17.1 Å². The molecule has 27 heavy (non-hydrogen) atoms. The number of halogens is 1. The minimum absolute atomic E-state index is 0.0699. The largest absolute Gasteiger partial charge is 0.461 e. The average molecular weight is 394 g/mol. The van der Waals surface area contributed by atoms with Crippen molar-refractivity contribution >= 4 is 23.5 Å². The summed E-state index contributed by atoms with van der Waals surface area (Å²) in [6.07, 6.45) is 0. The lowest BCUT2D eigenvalue weighted by molar-refractivity contribution is -0.139. The minimum Gasteiger partial charge on any atom is -0.461 e. The lowest BCUT2D eigenvalue weighted by Gasteiger charge is -2.31. The van der Waals surface area contributed by atoms with Gasteiger partial charge in [-0.05, 0) is 25.5 Å². The Morgan fingerprint density at radius 3 is 1.93 bits per heavy atom. The van der Waals surface area contributed by atoms with Gasteiger partial charge in [0.2, 0.25) is 0 Å². The molecule has 7 nitrogen and oxygen atoms in total. The lowest BCUT2D eigenvalue weighted by atomic mass is 9.80. The van der Waals surface area contributed by atoms with Gasteiger partial charge in [-0.15, -0.1) is 0 Å². The highest BCUT2D eigenvalue weighted by atomic mass is 35.5. The van der Waals surface area contributed by atoms with Crippen LogP contribution in [0.4, 0.5) is 0 Å². The van der Waals surface area contributed by atoms with E-state index in [4.69, 9.17) is 32.5 Å². The number of ether oxygens (including phenoxy) is 2. The number of carbonyl (C=O) groups is 2. The standard InChI is InChI=1S/C19H24ClN3O4/c1-11-15(18(24)26-9-7-21)17(13-5-3-4-6-14(13)20)16(12(2)23-11)19(25)27-10-8-22/h3-6,17,23H,7-10,21-22H2,1-2H3. The molecule has 0 bridgehead atoms.